The molecule has 0 saturated heterocycles. The molecule has 7 nitrogen and oxygen atoms in total. The lowest BCUT2D eigenvalue weighted by Crippen LogP contribution is -2.27. The Bertz CT molecular complexity index is 1280. The van der Waals surface area contributed by atoms with Gasteiger partial charge in [0, 0.05) is 23.6 Å². The lowest BCUT2D eigenvalue weighted by atomic mass is 10.2. The number of nitrogens with one attached hydrogen (secondary N) is 2. The van der Waals surface area contributed by atoms with Crippen LogP contribution in [0.4, 0.5) is 5.69 Å². The molecule has 33 heavy (non-hydrogen) atoms. The van der Waals surface area contributed by atoms with Crippen molar-refractivity contribution in [2.45, 2.75) is 13.0 Å². The molecule has 2 amide bonds. The van der Waals surface area contributed by atoms with E-state index >= 15 is 0 Å². The minimum Gasteiger partial charge on any atom is -0.495 e. The van der Waals surface area contributed by atoms with Crippen LogP contribution in [0.5, 0.6) is 5.75 Å². The molecule has 0 spiro atoms. The van der Waals surface area contributed by atoms with Crippen LogP contribution in [0.25, 0.3) is 11.0 Å². The Balaban J connectivity index is 1.48. The number of fused-ring (bicyclic) bond motifs is 1. The third kappa shape index (κ3) is 5.32. The van der Waals surface area contributed by atoms with E-state index in [1.807, 2.05) is 41.0 Å². The lowest BCUT2D eigenvalue weighted by Gasteiger charge is -2.12. The van der Waals surface area contributed by atoms with Gasteiger partial charge in [0.15, 0.2) is 0 Å². The largest absolute Gasteiger partial charge is 0.495 e. The number of benzene rings is 3. The molecule has 0 radical (unpaired) electrons. The molecule has 0 fully saturated rings. The number of imidazole rings is 1. The standard InChI is InChI=1S/C25H23ClN4O3/c1-33-22-9-5-3-7-20(22)29-24(31)16-30-21-8-4-2-6-19(21)28-23(30)14-15-27-25(32)17-10-12-18(26)13-11-17/h2-13H,14-16H2,1H3,(H,27,32)(H,29,31). The van der Waals surface area contributed by atoms with Gasteiger partial charge in [0.05, 0.1) is 23.8 Å². The maximum Gasteiger partial charge on any atom is 0.251 e. The highest BCUT2D eigenvalue weighted by Gasteiger charge is 2.15. The van der Waals surface area contributed by atoms with Crippen LogP contribution in [0.15, 0.2) is 72.8 Å². The number of methoxy groups -OCH3 is 1. The first-order valence-electron chi connectivity index (χ1n) is 10.5. The second kappa shape index (κ2) is 10.2. The van der Waals surface area contributed by atoms with Crippen molar-refractivity contribution >= 4 is 40.1 Å². The number of carbonyl (C=O) groups excluding carboxylic acids is 2. The Labute approximate surface area is 196 Å². The summed E-state index contributed by atoms with van der Waals surface area (Å²) >= 11 is 5.88. The summed E-state index contributed by atoms with van der Waals surface area (Å²) in [5.41, 5.74) is 2.78. The average Bonchev–Trinajstić information content (AvgIpc) is 3.17. The van der Waals surface area contributed by atoms with Crippen molar-refractivity contribution in [1.82, 2.24) is 14.9 Å². The van der Waals surface area contributed by atoms with E-state index in [1.54, 1.807) is 43.5 Å². The Morgan fingerprint density at radius 2 is 1.73 bits per heavy atom. The van der Waals surface area contributed by atoms with Crippen molar-refractivity contribution in [1.29, 1.82) is 0 Å². The average molecular weight is 463 g/mol. The molecular weight excluding hydrogens is 440 g/mol. The summed E-state index contributed by atoms with van der Waals surface area (Å²) in [5.74, 6) is 0.909. The quantitative estimate of drug-likeness (QED) is 0.408. The summed E-state index contributed by atoms with van der Waals surface area (Å²) in [6, 6.07) is 21.6. The molecule has 0 bridgehead atoms. The van der Waals surface area contributed by atoms with E-state index in [4.69, 9.17) is 16.3 Å². The van der Waals surface area contributed by atoms with Crippen LogP contribution in [-0.2, 0) is 17.8 Å². The summed E-state index contributed by atoms with van der Waals surface area (Å²) in [5, 5.41) is 6.37. The van der Waals surface area contributed by atoms with Crippen LogP contribution in [0.1, 0.15) is 16.2 Å². The molecule has 0 aliphatic rings. The molecule has 1 aromatic heterocycles. The summed E-state index contributed by atoms with van der Waals surface area (Å²) < 4.78 is 7.18. The predicted octanol–water partition coefficient (Wildman–Crippen LogP) is 4.31. The number of halogens is 1. The molecule has 3 aromatic carbocycles. The van der Waals surface area contributed by atoms with Crippen molar-refractivity contribution in [3.8, 4) is 5.75 Å². The van der Waals surface area contributed by atoms with Gasteiger partial charge in [0.1, 0.15) is 18.1 Å². The summed E-state index contributed by atoms with van der Waals surface area (Å²) in [4.78, 5) is 29.9. The molecule has 168 valence electrons. The normalized spacial score (nSPS) is 10.7. The number of amides is 2. The molecule has 0 aliphatic heterocycles. The van der Waals surface area contributed by atoms with Gasteiger partial charge in [-0.3, -0.25) is 9.59 Å². The first-order chi connectivity index (χ1) is 16.0. The molecule has 4 aromatic rings. The molecule has 0 atom stereocenters. The number of para-hydroxylation sites is 4. The topological polar surface area (TPSA) is 85.2 Å². The highest BCUT2D eigenvalue weighted by molar-refractivity contribution is 6.30. The molecular formula is C25H23ClN4O3. The third-order valence-corrected chi connectivity index (χ3v) is 5.41. The second-order valence-electron chi connectivity index (χ2n) is 7.36. The Morgan fingerprint density at radius 1 is 1.00 bits per heavy atom. The van der Waals surface area contributed by atoms with Gasteiger partial charge in [-0.15, -0.1) is 0 Å². The smallest absolute Gasteiger partial charge is 0.251 e. The number of rotatable bonds is 8. The molecule has 2 N–H and O–H groups in total. The first kappa shape index (κ1) is 22.4. The Morgan fingerprint density at radius 3 is 2.52 bits per heavy atom. The summed E-state index contributed by atoms with van der Waals surface area (Å²) in [6.45, 7) is 0.456. The SMILES string of the molecule is COc1ccccc1NC(=O)Cn1c(CCNC(=O)c2ccc(Cl)cc2)nc2ccccc21. The maximum atomic E-state index is 12.8. The minimum absolute atomic E-state index is 0.0824. The fraction of sp³-hybridized carbons (Fsp3) is 0.160. The third-order valence-electron chi connectivity index (χ3n) is 5.16. The van der Waals surface area contributed by atoms with Gasteiger partial charge >= 0.3 is 0 Å². The predicted molar refractivity (Wildman–Crippen MR) is 129 cm³/mol. The number of hydrogen-bond donors (Lipinski definition) is 2. The van der Waals surface area contributed by atoms with E-state index < -0.39 is 0 Å². The van der Waals surface area contributed by atoms with Crippen molar-refractivity contribution in [2.24, 2.45) is 0 Å². The fourth-order valence-corrected chi connectivity index (χ4v) is 3.69. The lowest BCUT2D eigenvalue weighted by molar-refractivity contribution is -0.116. The zero-order chi connectivity index (χ0) is 23.2. The zero-order valence-corrected chi connectivity index (χ0v) is 18.8. The number of hydrogen-bond acceptors (Lipinski definition) is 4. The highest BCUT2D eigenvalue weighted by atomic mass is 35.5. The van der Waals surface area contributed by atoms with Crippen LogP contribution >= 0.6 is 11.6 Å². The van der Waals surface area contributed by atoms with Crippen molar-refractivity contribution in [3.05, 3.63) is 89.2 Å². The van der Waals surface area contributed by atoms with Gasteiger partial charge in [0.25, 0.3) is 5.91 Å². The molecule has 8 heteroatoms. The van der Waals surface area contributed by atoms with Crippen LogP contribution in [0.2, 0.25) is 5.02 Å². The molecule has 0 aliphatic carbocycles. The zero-order valence-electron chi connectivity index (χ0n) is 18.0. The van der Waals surface area contributed by atoms with E-state index in [-0.39, 0.29) is 18.4 Å². The van der Waals surface area contributed by atoms with E-state index in [0.29, 0.717) is 40.8 Å². The van der Waals surface area contributed by atoms with Gasteiger partial charge in [-0.05, 0) is 48.5 Å². The van der Waals surface area contributed by atoms with Crippen molar-refractivity contribution in [2.75, 3.05) is 19.0 Å². The van der Waals surface area contributed by atoms with E-state index in [1.165, 1.54) is 0 Å². The van der Waals surface area contributed by atoms with Gasteiger partial charge in [-0.1, -0.05) is 35.9 Å². The summed E-state index contributed by atoms with van der Waals surface area (Å²) in [7, 11) is 1.56. The number of anilines is 1. The van der Waals surface area contributed by atoms with Crippen molar-refractivity contribution < 1.29 is 14.3 Å². The molecule has 1 heterocycles. The van der Waals surface area contributed by atoms with Gasteiger partial charge in [0.2, 0.25) is 5.91 Å². The van der Waals surface area contributed by atoms with Crippen LogP contribution in [0.3, 0.4) is 0 Å². The van der Waals surface area contributed by atoms with Crippen LogP contribution in [-0.4, -0.2) is 35.0 Å². The van der Waals surface area contributed by atoms with Gasteiger partial charge in [-0.2, -0.15) is 0 Å². The number of carbonyl (C=O) groups is 2. The Hall–Kier alpha value is -3.84. The van der Waals surface area contributed by atoms with E-state index in [0.717, 1.165) is 11.0 Å². The van der Waals surface area contributed by atoms with Gasteiger partial charge in [-0.25, -0.2) is 4.98 Å². The minimum atomic E-state index is -0.200. The summed E-state index contributed by atoms with van der Waals surface area (Å²) in [6.07, 6.45) is 0.468. The highest BCUT2D eigenvalue weighted by Crippen LogP contribution is 2.23. The van der Waals surface area contributed by atoms with E-state index in [2.05, 4.69) is 15.6 Å². The number of nitrogens with zero attached hydrogens (tertiary/aromatic N) is 2. The molecule has 0 saturated carbocycles. The molecule has 4 rings (SSSR count). The monoisotopic (exact) mass is 462 g/mol. The van der Waals surface area contributed by atoms with Crippen LogP contribution < -0.4 is 15.4 Å². The van der Waals surface area contributed by atoms with E-state index in [9.17, 15) is 9.59 Å². The fourth-order valence-electron chi connectivity index (χ4n) is 3.57. The van der Waals surface area contributed by atoms with Crippen molar-refractivity contribution in [3.63, 3.8) is 0 Å². The van der Waals surface area contributed by atoms with Crippen LogP contribution in [0, 0.1) is 0 Å². The second-order valence-corrected chi connectivity index (χ2v) is 7.80. The number of aromatic nitrogens is 2. The Kier molecular flexibility index (Phi) is 6.90. The van der Waals surface area contributed by atoms with Gasteiger partial charge < -0.3 is 19.9 Å². The maximum absolute atomic E-state index is 12.8. The number of ether oxygens (including phenoxy) is 1. The molecule has 0 unspecified atom stereocenters. The first-order valence-corrected chi connectivity index (χ1v) is 10.8.